The Labute approximate surface area is 175 Å². The molecule has 0 unspecified atom stereocenters. The third-order valence-electron chi connectivity index (χ3n) is 6.36. The van der Waals surface area contributed by atoms with E-state index in [1.54, 1.807) is 14.2 Å². The van der Waals surface area contributed by atoms with E-state index in [0.717, 1.165) is 34.1 Å². The highest BCUT2D eigenvalue weighted by Gasteiger charge is 2.51. The van der Waals surface area contributed by atoms with Crippen LogP contribution in [-0.4, -0.2) is 14.2 Å². The van der Waals surface area contributed by atoms with Gasteiger partial charge in [0, 0.05) is 23.3 Å². The number of ether oxygens (including phenoxy) is 3. The molecule has 6 rings (SSSR count). The lowest BCUT2D eigenvalue weighted by Crippen LogP contribution is -2.32. The van der Waals surface area contributed by atoms with E-state index in [9.17, 15) is 0 Å². The van der Waals surface area contributed by atoms with Gasteiger partial charge in [-0.05, 0) is 34.4 Å². The number of benzene rings is 4. The van der Waals surface area contributed by atoms with Crippen molar-refractivity contribution in [2.75, 3.05) is 14.2 Å². The zero-order valence-corrected chi connectivity index (χ0v) is 16.8. The van der Waals surface area contributed by atoms with Crippen LogP contribution < -0.4 is 14.2 Å². The first-order chi connectivity index (χ1) is 14.8. The van der Waals surface area contributed by atoms with Crippen molar-refractivity contribution in [2.24, 2.45) is 0 Å². The van der Waals surface area contributed by atoms with Gasteiger partial charge in [0.1, 0.15) is 23.0 Å². The molecule has 4 aromatic carbocycles. The van der Waals surface area contributed by atoms with Crippen molar-refractivity contribution in [3.05, 3.63) is 107 Å². The highest BCUT2D eigenvalue weighted by Crippen LogP contribution is 2.62. The largest absolute Gasteiger partial charge is 0.497 e. The second-order valence-corrected chi connectivity index (χ2v) is 7.67. The topological polar surface area (TPSA) is 27.7 Å². The fraction of sp³-hybridized carbons (Fsp3) is 0.111. The molecule has 146 valence electrons. The molecule has 1 spiro atoms. The van der Waals surface area contributed by atoms with Crippen LogP contribution in [0.1, 0.15) is 22.3 Å². The molecule has 0 radical (unpaired) electrons. The summed E-state index contributed by atoms with van der Waals surface area (Å²) < 4.78 is 17.4. The number of hydrogen-bond acceptors (Lipinski definition) is 3. The van der Waals surface area contributed by atoms with Gasteiger partial charge in [-0.15, -0.1) is 0 Å². The quantitative estimate of drug-likeness (QED) is 0.353. The van der Waals surface area contributed by atoms with E-state index < -0.39 is 5.41 Å². The molecule has 4 aromatic rings. The van der Waals surface area contributed by atoms with Crippen LogP contribution in [0.25, 0.3) is 11.1 Å². The first kappa shape index (κ1) is 17.2. The molecule has 0 bridgehead atoms. The van der Waals surface area contributed by atoms with Crippen molar-refractivity contribution in [3.63, 3.8) is 0 Å². The van der Waals surface area contributed by atoms with Gasteiger partial charge in [0.15, 0.2) is 0 Å². The lowest BCUT2D eigenvalue weighted by Gasteiger charge is -2.39. The number of fused-ring (bicyclic) bond motifs is 9. The highest BCUT2D eigenvalue weighted by molar-refractivity contribution is 5.88. The van der Waals surface area contributed by atoms with Crippen LogP contribution in [0.3, 0.4) is 0 Å². The van der Waals surface area contributed by atoms with Crippen LogP contribution in [0, 0.1) is 0 Å². The van der Waals surface area contributed by atoms with Gasteiger partial charge >= 0.3 is 0 Å². The van der Waals surface area contributed by atoms with Crippen LogP contribution in [0.2, 0.25) is 0 Å². The van der Waals surface area contributed by atoms with E-state index in [0.29, 0.717) is 0 Å². The Bertz CT molecular complexity index is 1200. The van der Waals surface area contributed by atoms with Crippen molar-refractivity contribution < 1.29 is 14.2 Å². The average Bonchev–Trinajstić information content (AvgIpc) is 3.10. The third-order valence-corrected chi connectivity index (χ3v) is 6.36. The van der Waals surface area contributed by atoms with E-state index in [2.05, 4.69) is 60.7 Å². The van der Waals surface area contributed by atoms with Crippen molar-refractivity contribution in [1.82, 2.24) is 0 Å². The van der Waals surface area contributed by atoms with Crippen molar-refractivity contribution in [2.45, 2.75) is 5.41 Å². The molecule has 30 heavy (non-hydrogen) atoms. The second-order valence-electron chi connectivity index (χ2n) is 7.67. The van der Waals surface area contributed by atoms with Crippen LogP contribution in [0.5, 0.6) is 23.0 Å². The lowest BCUT2D eigenvalue weighted by molar-refractivity contribution is 0.392. The molecule has 1 aliphatic carbocycles. The van der Waals surface area contributed by atoms with Crippen LogP contribution in [0.4, 0.5) is 0 Å². The van der Waals surface area contributed by atoms with E-state index >= 15 is 0 Å². The molecule has 0 saturated heterocycles. The summed E-state index contributed by atoms with van der Waals surface area (Å²) in [5.74, 6) is 3.16. The molecular formula is C27H20O3. The van der Waals surface area contributed by atoms with E-state index in [1.807, 2.05) is 24.3 Å². The number of rotatable bonds is 2. The van der Waals surface area contributed by atoms with Gasteiger partial charge in [0.05, 0.1) is 19.6 Å². The summed E-state index contributed by atoms with van der Waals surface area (Å²) in [6, 6.07) is 29.6. The van der Waals surface area contributed by atoms with Gasteiger partial charge in [-0.2, -0.15) is 0 Å². The fourth-order valence-corrected chi connectivity index (χ4v) is 5.13. The average molecular weight is 392 g/mol. The lowest BCUT2D eigenvalue weighted by atomic mass is 9.66. The predicted octanol–water partition coefficient (Wildman–Crippen LogP) is 6.17. The Morgan fingerprint density at radius 3 is 1.50 bits per heavy atom. The molecular weight excluding hydrogens is 372 g/mol. The molecule has 0 N–H and O–H groups in total. The molecule has 0 atom stereocenters. The monoisotopic (exact) mass is 392 g/mol. The third kappa shape index (κ3) is 2.04. The van der Waals surface area contributed by atoms with E-state index in [1.165, 1.54) is 22.3 Å². The van der Waals surface area contributed by atoms with Crippen molar-refractivity contribution in [1.29, 1.82) is 0 Å². The van der Waals surface area contributed by atoms with Gasteiger partial charge in [-0.1, -0.05) is 60.7 Å². The highest BCUT2D eigenvalue weighted by atomic mass is 16.5. The molecule has 3 heteroatoms. The van der Waals surface area contributed by atoms with E-state index in [-0.39, 0.29) is 0 Å². The Morgan fingerprint density at radius 2 is 1.03 bits per heavy atom. The molecule has 0 aromatic heterocycles. The summed E-state index contributed by atoms with van der Waals surface area (Å²) in [5, 5.41) is 0. The SMILES string of the molecule is COc1ccc2c(c1)Oc1cc(OC)ccc1C21c2ccccc2-c2ccccc21. The van der Waals surface area contributed by atoms with Crippen molar-refractivity contribution in [3.8, 4) is 34.1 Å². The summed E-state index contributed by atoms with van der Waals surface area (Å²) in [4.78, 5) is 0. The molecule has 0 fully saturated rings. The predicted molar refractivity (Wildman–Crippen MR) is 117 cm³/mol. The summed E-state index contributed by atoms with van der Waals surface area (Å²) in [6.07, 6.45) is 0. The van der Waals surface area contributed by atoms with Crippen molar-refractivity contribution >= 4 is 0 Å². The Balaban J connectivity index is 1.79. The molecule has 2 aliphatic rings. The van der Waals surface area contributed by atoms with Crippen LogP contribution in [0.15, 0.2) is 84.9 Å². The Morgan fingerprint density at radius 1 is 0.567 bits per heavy atom. The maximum atomic E-state index is 6.42. The zero-order valence-electron chi connectivity index (χ0n) is 16.8. The molecule has 1 aliphatic heterocycles. The summed E-state index contributed by atoms with van der Waals surface area (Å²) >= 11 is 0. The Kier molecular flexibility index (Phi) is 3.51. The number of methoxy groups -OCH3 is 2. The van der Waals surface area contributed by atoms with Gasteiger partial charge in [0.25, 0.3) is 0 Å². The van der Waals surface area contributed by atoms with Gasteiger partial charge in [-0.3, -0.25) is 0 Å². The summed E-state index contributed by atoms with van der Waals surface area (Å²) in [5.41, 5.74) is 6.86. The van der Waals surface area contributed by atoms with Gasteiger partial charge in [-0.25, -0.2) is 0 Å². The molecule has 0 saturated carbocycles. The molecule has 3 nitrogen and oxygen atoms in total. The number of hydrogen-bond donors (Lipinski definition) is 0. The van der Waals surface area contributed by atoms with Crippen LogP contribution >= 0.6 is 0 Å². The Hall–Kier alpha value is -3.72. The minimum absolute atomic E-state index is 0.450. The van der Waals surface area contributed by atoms with Gasteiger partial charge < -0.3 is 14.2 Å². The minimum atomic E-state index is -0.450. The molecule has 1 heterocycles. The van der Waals surface area contributed by atoms with Crippen LogP contribution in [-0.2, 0) is 5.41 Å². The van der Waals surface area contributed by atoms with Gasteiger partial charge in [0.2, 0.25) is 0 Å². The first-order valence-corrected chi connectivity index (χ1v) is 10.0. The first-order valence-electron chi connectivity index (χ1n) is 10.0. The maximum Gasteiger partial charge on any atom is 0.135 e. The fourth-order valence-electron chi connectivity index (χ4n) is 5.13. The summed E-state index contributed by atoms with van der Waals surface area (Å²) in [7, 11) is 3.36. The van der Waals surface area contributed by atoms with E-state index in [4.69, 9.17) is 14.2 Å². The molecule has 0 amide bonds. The minimum Gasteiger partial charge on any atom is -0.497 e. The standard InChI is InChI=1S/C27H20O3/c1-28-17-11-13-23-25(15-17)30-26-16-18(29-2)12-14-24(26)27(23)21-9-5-3-7-19(21)20-8-4-6-10-22(20)27/h3-16H,1-2H3. The smallest absolute Gasteiger partial charge is 0.135 e. The normalized spacial score (nSPS) is 14.2. The second kappa shape index (κ2) is 6.14. The summed E-state index contributed by atoms with van der Waals surface area (Å²) in [6.45, 7) is 0. The zero-order chi connectivity index (χ0) is 20.3. The maximum absolute atomic E-state index is 6.42.